The number of hydrogen-bond acceptors (Lipinski definition) is 8. The van der Waals surface area contributed by atoms with Gasteiger partial charge in [0.1, 0.15) is 0 Å². The van der Waals surface area contributed by atoms with Gasteiger partial charge in [-0.15, -0.1) is 0 Å². The highest BCUT2D eigenvalue weighted by molar-refractivity contribution is 6.21. The van der Waals surface area contributed by atoms with E-state index in [-0.39, 0.29) is 16.2 Å². The lowest BCUT2D eigenvalue weighted by Crippen LogP contribution is -2.14. The van der Waals surface area contributed by atoms with Crippen LogP contribution in [0.5, 0.6) is 0 Å². The van der Waals surface area contributed by atoms with Crippen LogP contribution in [0.15, 0.2) is 467 Å². The Morgan fingerprint density at radius 3 is 0.910 bits per heavy atom. The SMILES string of the molecule is CC1(C)c2ccccc2-c2c1ccc1c2c2cc(-c3ccccc3)ccc2n1-c1nc(-c2ccccc2)nc(-c2ccccc2)n1.CC1(C)c2ccccc2-c2c1ccc1c2c2ccccc2n1-c1cccc(-c2nc(-c3ccccc3)nc(-c3ccc(-c4ccccc4)cc3)n2)c1.CC1(C)c2ccccc2-c2c1ccc1c2c2ccccc2n1-c1nc(-c2ccccc2)cc(-c2cccc(-c3ccccc3)c2)n1. The molecule has 3 aliphatic rings. The van der Waals surface area contributed by atoms with Crippen LogP contribution in [-0.4, -0.2) is 53.6 Å². The minimum absolute atomic E-state index is 0.0715. The first kappa shape index (κ1) is 86.0. The third kappa shape index (κ3) is 14.5. The monoisotopic (exact) mass is 1850 g/mol. The Morgan fingerprint density at radius 2 is 0.451 bits per heavy atom. The van der Waals surface area contributed by atoms with E-state index < -0.39 is 0 Å². The third-order valence-corrected chi connectivity index (χ3v) is 29.8. The van der Waals surface area contributed by atoms with Gasteiger partial charge >= 0.3 is 0 Å². The van der Waals surface area contributed by atoms with Gasteiger partial charge < -0.3 is 4.57 Å². The van der Waals surface area contributed by atoms with Crippen molar-refractivity contribution in [3.8, 4) is 164 Å². The smallest absolute Gasteiger partial charge is 0.238 e. The van der Waals surface area contributed by atoms with Crippen molar-refractivity contribution < 1.29 is 0 Å². The molecule has 0 fully saturated rings. The summed E-state index contributed by atoms with van der Waals surface area (Å²) >= 11 is 0. The van der Waals surface area contributed by atoms with Crippen LogP contribution in [0.1, 0.15) is 74.9 Å². The highest BCUT2D eigenvalue weighted by atomic mass is 15.2. The van der Waals surface area contributed by atoms with Gasteiger partial charge in [0.25, 0.3) is 0 Å². The van der Waals surface area contributed by atoms with E-state index in [2.05, 4.69) is 443 Å². The van der Waals surface area contributed by atoms with E-state index in [1.165, 1.54) is 132 Å². The quantitative estimate of drug-likeness (QED) is 0.112. The van der Waals surface area contributed by atoms with E-state index in [0.717, 1.165) is 89.2 Å². The maximum atomic E-state index is 5.32. The molecule has 0 aliphatic heterocycles. The summed E-state index contributed by atoms with van der Waals surface area (Å²) in [6.07, 6.45) is 0. The molecule has 0 saturated heterocycles. The first-order valence-electron chi connectivity index (χ1n) is 49.4. The van der Waals surface area contributed by atoms with Crippen LogP contribution in [0.3, 0.4) is 0 Å². The zero-order chi connectivity index (χ0) is 96.5. The Kier molecular flexibility index (Phi) is 20.7. The molecule has 3 aliphatic carbocycles. The summed E-state index contributed by atoms with van der Waals surface area (Å²) in [6, 6.07) is 165. The Bertz CT molecular complexity index is 9320. The number of fused-ring (bicyclic) bond motifs is 21. The van der Waals surface area contributed by atoms with Gasteiger partial charge in [-0.2, -0.15) is 9.97 Å². The molecule has 11 heteroatoms. The van der Waals surface area contributed by atoms with Crippen LogP contribution in [0.25, 0.3) is 229 Å². The van der Waals surface area contributed by atoms with Crippen molar-refractivity contribution in [2.24, 2.45) is 0 Å². The first-order chi connectivity index (χ1) is 70.7. The van der Waals surface area contributed by atoms with E-state index in [9.17, 15) is 0 Å². The highest BCUT2D eigenvalue weighted by Crippen LogP contribution is 2.58. The number of hydrogen-bond donors (Lipinski definition) is 0. The molecule has 144 heavy (non-hydrogen) atoms. The Balaban J connectivity index is 0.000000110. The molecule has 0 radical (unpaired) electrons. The fourth-order valence-corrected chi connectivity index (χ4v) is 22.7. The van der Waals surface area contributed by atoms with Crippen molar-refractivity contribution in [2.75, 3.05) is 0 Å². The molecule has 28 rings (SSSR count). The summed E-state index contributed by atoms with van der Waals surface area (Å²) < 4.78 is 6.88. The third-order valence-electron chi connectivity index (χ3n) is 29.8. The maximum Gasteiger partial charge on any atom is 0.238 e. The summed E-state index contributed by atoms with van der Waals surface area (Å²) in [7, 11) is 0. The Hall–Kier alpha value is -18.3. The molecule has 0 N–H and O–H groups in total. The van der Waals surface area contributed by atoms with Gasteiger partial charge in [-0.05, 0) is 167 Å². The van der Waals surface area contributed by atoms with Crippen LogP contribution in [0, 0.1) is 0 Å². The number of rotatable bonds is 13. The lowest BCUT2D eigenvalue weighted by molar-refractivity contribution is 0.660. The van der Waals surface area contributed by atoms with Crippen molar-refractivity contribution in [1.82, 2.24) is 53.6 Å². The van der Waals surface area contributed by atoms with Crippen LogP contribution in [0.4, 0.5) is 0 Å². The molecule has 0 unspecified atom stereocenters. The minimum atomic E-state index is -0.111. The predicted octanol–water partition coefficient (Wildman–Crippen LogP) is 33.1. The van der Waals surface area contributed by atoms with Crippen molar-refractivity contribution in [2.45, 2.75) is 57.8 Å². The van der Waals surface area contributed by atoms with Crippen molar-refractivity contribution in [3.05, 3.63) is 500 Å². The van der Waals surface area contributed by atoms with Crippen LogP contribution < -0.4 is 0 Å². The molecule has 25 aromatic rings. The first-order valence-corrected chi connectivity index (χ1v) is 49.4. The summed E-state index contributed by atoms with van der Waals surface area (Å²) in [5.74, 6) is 4.48. The summed E-state index contributed by atoms with van der Waals surface area (Å²) in [6.45, 7) is 14.0. The number of aromatic nitrogens is 11. The molecule has 0 bridgehead atoms. The van der Waals surface area contributed by atoms with E-state index in [0.29, 0.717) is 41.0 Å². The molecule has 0 amide bonds. The minimum Gasteiger partial charge on any atom is -0.309 e. The van der Waals surface area contributed by atoms with Gasteiger partial charge in [-0.25, -0.2) is 29.9 Å². The molecule has 0 saturated carbocycles. The van der Waals surface area contributed by atoms with E-state index in [1.807, 2.05) is 78.9 Å². The summed E-state index contributed by atoms with van der Waals surface area (Å²) in [5, 5.41) is 7.43. The summed E-state index contributed by atoms with van der Waals surface area (Å²) in [5.41, 5.74) is 39.3. The standard InChI is InChI=1S/C48H34N4.C43H31N3.C42H30N4/c1-48(2)39-22-11-9-20-37(39)43-40(48)28-29-42-44(43)38-21-10-12-23-41(38)52(42)36-19-13-18-35(30-36)47-50-45(33-16-7-4-8-17-33)49-46(51-47)34-26-24-32(25-27-34)31-14-5-3-6-15-31;1-43(2)34-22-11-9-20-32(34)40-35(43)24-25-39-41(40)33-21-10-12-23-38(33)46(39)42-44-36(29-16-7-4-8-17-29)27-37(45-42)31-19-13-18-30(26-31)28-14-5-3-6-15-28;1-42(2)33-21-13-12-20-31(33)37-34(42)23-25-36-38(37)32-26-30(27-14-6-3-7-15-27)22-24-35(32)46(36)41-44-39(28-16-8-4-9-17-28)43-40(45-41)29-18-10-5-11-19-29/h3-30H,1-2H3;3-27H,1-2H3;3-26H,1-2H3. The molecule has 19 aromatic carbocycles. The molecular weight excluding hydrogens is 1750 g/mol. The normalized spacial score (nSPS) is 13.1. The van der Waals surface area contributed by atoms with Crippen LogP contribution in [0.2, 0.25) is 0 Å². The van der Waals surface area contributed by atoms with Gasteiger partial charge in [0.2, 0.25) is 11.9 Å². The fourth-order valence-electron chi connectivity index (χ4n) is 22.7. The lowest BCUT2D eigenvalue weighted by Gasteiger charge is -2.21. The zero-order valence-electron chi connectivity index (χ0n) is 80.4. The number of para-hydroxylation sites is 2. The van der Waals surface area contributed by atoms with E-state index >= 15 is 0 Å². The topological polar surface area (TPSA) is 118 Å². The van der Waals surface area contributed by atoms with Gasteiger partial charge in [-0.3, -0.25) is 9.13 Å². The largest absolute Gasteiger partial charge is 0.309 e. The molecule has 0 spiro atoms. The number of benzene rings is 19. The maximum absolute atomic E-state index is 5.32. The van der Waals surface area contributed by atoms with Gasteiger partial charge in [0.15, 0.2) is 29.1 Å². The molecule has 11 nitrogen and oxygen atoms in total. The van der Waals surface area contributed by atoms with Crippen LogP contribution >= 0.6 is 0 Å². The van der Waals surface area contributed by atoms with E-state index in [4.69, 9.17) is 39.9 Å². The molecule has 6 aromatic heterocycles. The van der Waals surface area contributed by atoms with Crippen LogP contribution in [-0.2, 0) is 16.2 Å². The second-order valence-corrected chi connectivity index (χ2v) is 39.2. The average molecular weight is 1850 g/mol. The molecule has 0 atom stereocenters. The Labute approximate surface area is 835 Å². The average Bonchev–Trinajstić information content (AvgIpc) is 1.55. The summed E-state index contributed by atoms with van der Waals surface area (Å²) in [4.78, 5) is 41.0. The number of nitrogens with zero attached hydrogens (tertiary/aromatic N) is 11. The van der Waals surface area contributed by atoms with Gasteiger partial charge in [0.05, 0.1) is 44.5 Å². The Morgan fingerprint density at radius 1 is 0.167 bits per heavy atom. The van der Waals surface area contributed by atoms with E-state index in [1.54, 1.807) is 0 Å². The second-order valence-electron chi connectivity index (χ2n) is 39.2. The van der Waals surface area contributed by atoms with Gasteiger partial charge in [-0.1, -0.05) is 442 Å². The van der Waals surface area contributed by atoms with Crippen molar-refractivity contribution in [3.63, 3.8) is 0 Å². The highest BCUT2D eigenvalue weighted by Gasteiger charge is 2.41. The molecule has 6 heterocycles. The molecular formula is C133H95N11. The predicted molar refractivity (Wildman–Crippen MR) is 592 cm³/mol. The zero-order valence-corrected chi connectivity index (χ0v) is 80.4. The lowest BCUT2D eigenvalue weighted by atomic mass is 9.82. The van der Waals surface area contributed by atoms with Gasteiger partial charge in [0, 0.05) is 93.2 Å². The fraction of sp³-hybridized carbons (Fsp3) is 0.0677. The van der Waals surface area contributed by atoms with Crippen molar-refractivity contribution >= 4 is 65.4 Å². The second kappa shape index (κ2) is 34.6. The van der Waals surface area contributed by atoms with Crippen molar-refractivity contribution in [1.29, 1.82) is 0 Å². The molecule has 682 valence electrons.